The van der Waals surface area contributed by atoms with Crippen molar-refractivity contribution in [3.8, 4) is 20.9 Å². The third-order valence-electron chi connectivity index (χ3n) is 14.3. The molecular formula is C50H68N6S5. The first-order valence-corrected chi connectivity index (χ1v) is 28.2. The van der Waals surface area contributed by atoms with Crippen molar-refractivity contribution in [3.63, 3.8) is 0 Å². The molecule has 2 fully saturated rings. The highest BCUT2D eigenvalue weighted by Crippen LogP contribution is 2.51. The summed E-state index contributed by atoms with van der Waals surface area (Å²) in [6.07, 6.45) is 23.9. The lowest BCUT2D eigenvalue weighted by molar-refractivity contribution is 0.238. The molecule has 9 rings (SSSR count). The first-order chi connectivity index (χ1) is 30.0. The number of aromatic amines is 1. The quantitative estimate of drug-likeness (QED) is 0.0825. The van der Waals surface area contributed by atoms with Crippen LogP contribution < -0.4 is 9.80 Å². The summed E-state index contributed by atoms with van der Waals surface area (Å²) in [5.41, 5.74) is 6.49. The number of H-pyrrole nitrogens is 1. The highest BCUT2D eigenvalue weighted by Gasteiger charge is 2.30. The second-order valence-electron chi connectivity index (χ2n) is 18.5. The Labute approximate surface area is 384 Å². The van der Waals surface area contributed by atoms with Crippen molar-refractivity contribution >= 4 is 108 Å². The number of rotatable bonds is 20. The monoisotopic (exact) mass is 912 g/mol. The van der Waals surface area contributed by atoms with Crippen LogP contribution in [0.4, 0.5) is 10.0 Å². The molecule has 2 aliphatic rings. The fraction of sp³-hybridized carbons (Fsp3) is 0.620. The zero-order valence-corrected chi connectivity index (χ0v) is 41.5. The van der Waals surface area contributed by atoms with Gasteiger partial charge in [-0.15, -0.1) is 45.3 Å². The predicted molar refractivity (Wildman–Crippen MR) is 273 cm³/mol. The van der Waals surface area contributed by atoms with Crippen LogP contribution in [0.1, 0.15) is 150 Å². The van der Waals surface area contributed by atoms with Crippen LogP contribution in [0.25, 0.3) is 61.7 Å². The Kier molecular flexibility index (Phi) is 14.4. The van der Waals surface area contributed by atoms with E-state index in [4.69, 9.17) is 13.7 Å². The summed E-state index contributed by atoms with van der Waals surface area (Å²) >= 11 is 9.13. The van der Waals surface area contributed by atoms with Crippen LogP contribution in [0, 0.1) is 23.7 Å². The Balaban J connectivity index is 0.962. The van der Waals surface area contributed by atoms with Crippen LogP contribution in [0.5, 0.6) is 0 Å². The van der Waals surface area contributed by atoms with Gasteiger partial charge in [0.2, 0.25) is 0 Å². The number of piperidine rings is 2. The zero-order chi connectivity index (χ0) is 41.9. The average Bonchev–Trinajstić information content (AvgIpc) is 4.14. The molecule has 0 bridgehead atoms. The second-order valence-corrected chi connectivity index (χ2v) is 23.3. The third-order valence-corrected chi connectivity index (χ3v) is 19.6. The molecule has 0 amide bonds. The Morgan fingerprint density at radius 1 is 0.557 bits per heavy atom. The number of anilines is 2. The van der Waals surface area contributed by atoms with E-state index >= 15 is 0 Å². The van der Waals surface area contributed by atoms with Gasteiger partial charge in [0.05, 0.1) is 27.2 Å². The molecule has 7 aromatic rings. The fourth-order valence-corrected chi connectivity index (χ4v) is 16.4. The molecule has 2 aliphatic heterocycles. The average molecular weight is 913 g/mol. The van der Waals surface area contributed by atoms with Gasteiger partial charge in [-0.25, -0.2) is 4.98 Å². The van der Waals surface area contributed by atoms with Gasteiger partial charge in [-0.3, -0.25) is 0 Å². The first-order valence-electron chi connectivity index (χ1n) is 24.2. The van der Waals surface area contributed by atoms with E-state index in [0.717, 1.165) is 70.0 Å². The van der Waals surface area contributed by atoms with E-state index in [9.17, 15) is 0 Å². The van der Waals surface area contributed by atoms with Crippen LogP contribution in [0.3, 0.4) is 0 Å². The third kappa shape index (κ3) is 9.21. The largest absolute Gasteiger partial charge is 0.363 e. The summed E-state index contributed by atoms with van der Waals surface area (Å²) in [6, 6.07) is 9.81. The van der Waals surface area contributed by atoms with Crippen molar-refractivity contribution in [2.24, 2.45) is 23.7 Å². The van der Waals surface area contributed by atoms with Crippen molar-refractivity contribution in [2.45, 2.75) is 150 Å². The zero-order valence-electron chi connectivity index (χ0n) is 37.5. The molecule has 1 N–H and O–H groups in total. The number of aryl methyl sites for hydroxylation is 1. The van der Waals surface area contributed by atoms with E-state index in [1.807, 2.05) is 45.3 Å². The highest BCUT2D eigenvalue weighted by atomic mass is 32.1. The highest BCUT2D eigenvalue weighted by molar-refractivity contribution is 7.32. The Hall–Kier alpha value is -2.57. The molecular weight excluding hydrogens is 845 g/mol. The van der Waals surface area contributed by atoms with E-state index in [2.05, 4.69) is 73.7 Å². The molecule has 6 nitrogen and oxygen atoms in total. The maximum Gasteiger partial charge on any atom is 0.116 e. The standard InChI is InChI=1S/C50H68N6S5/c1-6-11-16-32(17-12-7-2)34-20-24-55(25-21-34)43-30-38-36(59-43)28-40(57-38)45-47-48(52-42(51-47)15-10-5)46(50-49(45)53-61-54-50)41-29-37-39(58-41)31-44(60-37)56-26-22-35(23-27-56)33(18-13-8-3)19-14-9-4/h28-35H,6-27H2,1-5H3,(H,51,52). The summed E-state index contributed by atoms with van der Waals surface area (Å²) in [6.45, 7) is 16.4. The molecule has 328 valence electrons. The van der Waals surface area contributed by atoms with Crippen LogP contribution in [0.2, 0.25) is 0 Å². The van der Waals surface area contributed by atoms with E-state index in [1.165, 1.54) is 185 Å². The van der Waals surface area contributed by atoms with Gasteiger partial charge in [0, 0.05) is 72.3 Å². The fourth-order valence-electron chi connectivity index (χ4n) is 10.8. The molecule has 0 radical (unpaired) electrons. The molecule has 0 unspecified atom stereocenters. The molecule has 1 aromatic carbocycles. The molecule has 0 aliphatic carbocycles. The number of unbranched alkanes of at least 4 members (excludes halogenated alkanes) is 4. The van der Waals surface area contributed by atoms with Gasteiger partial charge in [-0.2, -0.15) is 8.75 Å². The number of fused-ring (bicyclic) bond motifs is 4. The van der Waals surface area contributed by atoms with Crippen LogP contribution >= 0.6 is 57.1 Å². The van der Waals surface area contributed by atoms with Gasteiger partial charge in [-0.1, -0.05) is 112 Å². The summed E-state index contributed by atoms with van der Waals surface area (Å²) in [5, 5.41) is 2.89. The summed E-state index contributed by atoms with van der Waals surface area (Å²) in [7, 11) is 0. The lowest BCUT2D eigenvalue weighted by Crippen LogP contribution is -2.35. The van der Waals surface area contributed by atoms with E-state index < -0.39 is 0 Å². The van der Waals surface area contributed by atoms with Crippen LogP contribution in [-0.4, -0.2) is 44.9 Å². The van der Waals surface area contributed by atoms with E-state index in [0.29, 0.717) is 0 Å². The van der Waals surface area contributed by atoms with Gasteiger partial charge in [0.15, 0.2) is 0 Å². The Bertz CT molecular complexity index is 2240. The van der Waals surface area contributed by atoms with Gasteiger partial charge in [0.1, 0.15) is 22.4 Å². The minimum absolute atomic E-state index is 0.895. The number of nitrogens with one attached hydrogen (secondary N) is 1. The second kappa shape index (κ2) is 20.1. The summed E-state index contributed by atoms with van der Waals surface area (Å²) in [5.74, 6) is 4.69. The minimum Gasteiger partial charge on any atom is -0.363 e. The number of nitrogens with zero attached hydrogens (tertiary/aromatic N) is 5. The molecule has 11 heteroatoms. The predicted octanol–water partition coefficient (Wildman–Crippen LogP) is 16.8. The molecule has 2 saturated heterocycles. The van der Waals surface area contributed by atoms with Gasteiger partial charge in [0.25, 0.3) is 0 Å². The Morgan fingerprint density at radius 3 is 1.44 bits per heavy atom. The van der Waals surface area contributed by atoms with E-state index in [-0.39, 0.29) is 0 Å². The first kappa shape index (κ1) is 43.7. The number of hydrogen-bond donors (Lipinski definition) is 1. The normalized spacial score (nSPS) is 16.1. The van der Waals surface area contributed by atoms with Crippen LogP contribution in [-0.2, 0) is 6.42 Å². The molecule has 0 spiro atoms. The van der Waals surface area contributed by atoms with Gasteiger partial charge >= 0.3 is 0 Å². The van der Waals surface area contributed by atoms with E-state index in [1.54, 1.807) is 0 Å². The molecule has 61 heavy (non-hydrogen) atoms. The topological polar surface area (TPSA) is 60.9 Å². The lowest BCUT2D eigenvalue weighted by Gasteiger charge is -2.37. The summed E-state index contributed by atoms with van der Waals surface area (Å²) < 4.78 is 15.6. The molecule has 0 atom stereocenters. The number of thiophene rings is 4. The number of hydrogen-bond acceptors (Lipinski definition) is 10. The maximum atomic E-state index is 5.35. The van der Waals surface area contributed by atoms with Crippen molar-refractivity contribution < 1.29 is 0 Å². The summed E-state index contributed by atoms with van der Waals surface area (Å²) in [4.78, 5) is 17.1. The SMILES string of the molecule is CCCCC(CCCC)C1CCN(c2cc3sc(-c4c5nsnc5c(-c5cc6sc(N7CCC(C(CCCC)CCCC)CC7)cc6s5)c5[nH]c(CCC)nc45)cc3s2)CC1. The Morgan fingerprint density at radius 2 is 1.00 bits per heavy atom. The van der Waals surface area contributed by atoms with Crippen molar-refractivity contribution in [1.29, 1.82) is 0 Å². The van der Waals surface area contributed by atoms with Gasteiger partial charge < -0.3 is 14.8 Å². The number of imidazole rings is 1. The number of benzene rings is 1. The smallest absolute Gasteiger partial charge is 0.116 e. The van der Waals surface area contributed by atoms with Crippen molar-refractivity contribution in [1.82, 2.24) is 18.7 Å². The molecule has 8 heterocycles. The maximum absolute atomic E-state index is 5.35. The lowest BCUT2D eigenvalue weighted by atomic mass is 9.79. The molecule has 6 aromatic heterocycles. The van der Waals surface area contributed by atoms with Crippen molar-refractivity contribution in [2.75, 3.05) is 36.0 Å². The molecule has 0 saturated carbocycles. The minimum atomic E-state index is 0.895. The van der Waals surface area contributed by atoms with Crippen molar-refractivity contribution in [3.05, 3.63) is 30.1 Å². The van der Waals surface area contributed by atoms with Gasteiger partial charge in [-0.05, 0) is 80.0 Å². The van der Waals surface area contributed by atoms with Crippen LogP contribution in [0.15, 0.2) is 24.3 Å². The number of aromatic nitrogens is 4.